The van der Waals surface area contributed by atoms with Crippen molar-refractivity contribution in [3.8, 4) is 56.3 Å². The molecule has 4 aromatic carbocycles. The van der Waals surface area contributed by atoms with Gasteiger partial charge in [0.05, 0.1) is 5.69 Å². The van der Waals surface area contributed by atoms with Crippen molar-refractivity contribution in [2.45, 2.75) is 51.9 Å². The lowest BCUT2D eigenvalue weighted by Crippen LogP contribution is -2.11. The van der Waals surface area contributed by atoms with Gasteiger partial charge in [0.15, 0.2) is 11.6 Å². The smallest absolute Gasteiger partial charge is 0.165 e. The molecule has 0 atom stereocenters. The number of aromatic nitrogens is 4. The SMILES string of the molecule is Cc1cc(C)cc(-c2ccccc2-c2ccc(-c3ccc(-c4nc(-c5ccccc5)nc(C5CCCCC5)n4)cn3)cc2Br)c1. The average Bonchev–Trinajstić information content (AvgIpc) is 3.08. The van der Waals surface area contributed by atoms with E-state index in [4.69, 9.17) is 19.9 Å². The minimum absolute atomic E-state index is 0.381. The number of benzene rings is 4. The summed E-state index contributed by atoms with van der Waals surface area (Å²) in [6.07, 6.45) is 7.91. The lowest BCUT2D eigenvalue weighted by atomic mass is 9.88. The molecule has 2 heterocycles. The third-order valence-electron chi connectivity index (χ3n) is 8.69. The fourth-order valence-corrected chi connectivity index (χ4v) is 7.06. The number of hydrogen-bond donors (Lipinski definition) is 0. The molecular formula is C40H35BrN4. The first kappa shape index (κ1) is 29.2. The van der Waals surface area contributed by atoms with E-state index in [9.17, 15) is 0 Å². The standard InChI is InChI=1S/C40H35BrN4/c1-26-21-27(2)23-32(22-26)33-15-9-10-16-34(33)35-19-17-30(24-36(35)41)37-20-18-31(25-42-37)40-44-38(28-11-5-3-6-12-28)43-39(45-40)29-13-7-4-8-14-29/h3,5-6,9-12,15-25,29H,4,7-8,13-14H2,1-2H3. The van der Waals surface area contributed by atoms with E-state index in [0.717, 1.165) is 56.9 Å². The molecule has 2 aromatic heterocycles. The molecule has 5 heteroatoms. The Labute approximate surface area is 273 Å². The first-order chi connectivity index (χ1) is 22.0. The maximum atomic E-state index is 4.99. The van der Waals surface area contributed by atoms with Crippen molar-refractivity contribution in [2.24, 2.45) is 0 Å². The Morgan fingerprint density at radius 2 is 1.22 bits per heavy atom. The number of nitrogens with zero attached hydrogens (tertiary/aromatic N) is 4. The zero-order valence-electron chi connectivity index (χ0n) is 25.7. The first-order valence-corrected chi connectivity index (χ1v) is 16.6. The highest BCUT2D eigenvalue weighted by atomic mass is 79.9. The number of pyridine rings is 1. The van der Waals surface area contributed by atoms with E-state index in [1.165, 1.54) is 47.1 Å². The van der Waals surface area contributed by atoms with Gasteiger partial charge < -0.3 is 0 Å². The lowest BCUT2D eigenvalue weighted by molar-refractivity contribution is 0.428. The van der Waals surface area contributed by atoms with Gasteiger partial charge in [-0.05, 0) is 67.1 Å². The number of halogens is 1. The second-order valence-electron chi connectivity index (χ2n) is 12.1. The minimum Gasteiger partial charge on any atom is -0.255 e. The minimum atomic E-state index is 0.381. The van der Waals surface area contributed by atoms with Crippen molar-refractivity contribution in [1.82, 2.24) is 19.9 Å². The molecule has 222 valence electrons. The van der Waals surface area contributed by atoms with E-state index in [1.54, 1.807) is 0 Å². The van der Waals surface area contributed by atoms with Crippen molar-refractivity contribution in [2.75, 3.05) is 0 Å². The van der Waals surface area contributed by atoms with Gasteiger partial charge in [-0.3, -0.25) is 4.98 Å². The maximum absolute atomic E-state index is 4.99. The van der Waals surface area contributed by atoms with Crippen molar-refractivity contribution in [3.63, 3.8) is 0 Å². The molecule has 7 rings (SSSR count). The molecule has 0 saturated heterocycles. The van der Waals surface area contributed by atoms with Crippen LogP contribution in [0.4, 0.5) is 0 Å². The molecule has 1 aliphatic rings. The summed E-state index contributed by atoms with van der Waals surface area (Å²) in [4.78, 5) is 19.7. The molecule has 4 nitrogen and oxygen atoms in total. The van der Waals surface area contributed by atoms with E-state index in [1.807, 2.05) is 24.4 Å². The van der Waals surface area contributed by atoms with Crippen LogP contribution in [0.3, 0.4) is 0 Å². The van der Waals surface area contributed by atoms with Gasteiger partial charge >= 0.3 is 0 Å². The van der Waals surface area contributed by atoms with Crippen molar-refractivity contribution >= 4 is 15.9 Å². The summed E-state index contributed by atoms with van der Waals surface area (Å²) in [6.45, 7) is 4.31. The first-order valence-electron chi connectivity index (χ1n) is 15.8. The molecule has 0 spiro atoms. The average molecular weight is 652 g/mol. The highest BCUT2D eigenvalue weighted by molar-refractivity contribution is 9.10. The molecule has 0 N–H and O–H groups in total. The van der Waals surface area contributed by atoms with Crippen LogP contribution in [-0.4, -0.2) is 19.9 Å². The van der Waals surface area contributed by atoms with Crippen molar-refractivity contribution < 1.29 is 0 Å². The monoisotopic (exact) mass is 650 g/mol. The summed E-state index contributed by atoms with van der Waals surface area (Å²) in [7, 11) is 0. The van der Waals surface area contributed by atoms with Crippen molar-refractivity contribution in [3.05, 3.63) is 131 Å². The summed E-state index contributed by atoms with van der Waals surface area (Å²) >= 11 is 3.89. The highest BCUT2D eigenvalue weighted by Crippen LogP contribution is 2.39. The number of hydrogen-bond acceptors (Lipinski definition) is 4. The lowest BCUT2D eigenvalue weighted by Gasteiger charge is -2.21. The van der Waals surface area contributed by atoms with Gasteiger partial charge in [0.1, 0.15) is 5.82 Å². The summed E-state index contributed by atoms with van der Waals surface area (Å²) in [5.74, 6) is 2.70. The van der Waals surface area contributed by atoms with E-state index >= 15 is 0 Å². The molecule has 0 aliphatic heterocycles. The predicted octanol–water partition coefficient (Wildman–Crippen LogP) is 11.0. The molecule has 0 amide bonds. The van der Waals surface area contributed by atoms with Gasteiger partial charge in [0.2, 0.25) is 0 Å². The Balaban J connectivity index is 1.20. The highest BCUT2D eigenvalue weighted by Gasteiger charge is 2.21. The largest absolute Gasteiger partial charge is 0.255 e. The van der Waals surface area contributed by atoms with E-state index in [0.29, 0.717) is 11.7 Å². The zero-order valence-corrected chi connectivity index (χ0v) is 27.3. The zero-order chi connectivity index (χ0) is 30.8. The molecule has 1 fully saturated rings. The van der Waals surface area contributed by atoms with Gasteiger partial charge in [-0.1, -0.05) is 131 Å². The van der Waals surface area contributed by atoms with E-state index < -0.39 is 0 Å². The molecule has 1 aliphatic carbocycles. The molecule has 45 heavy (non-hydrogen) atoms. The van der Waals surface area contributed by atoms with Gasteiger partial charge in [0, 0.05) is 33.3 Å². The molecular weight excluding hydrogens is 616 g/mol. The second-order valence-corrected chi connectivity index (χ2v) is 12.9. The Hall–Kier alpha value is -4.48. The van der Waals surface area contributed by atoms with Crippen LogP contribution in [0.25, 0.3) is 56.3 Å². The van der Waals surface area contributed by atoms with Gasteiger partial charge in [-0.25, -0.2) is 15.0 Å². The normalized spacial score (nSPS) is 13.6. The van der Waals surface area contributed by atoms with Crippen molar-refractivity contribution in [1.29, 1.82) is 0 Å². The van der Waals surface area contributed by atoms with E-state index in [2.05, 4.69) is 115 Å². The van der Waals surface area contributed by atoms with E-state index in [-0.39, 0.29) is 0 Å². The molecule has 0 bridgehead atoms. The topological polar surface area (TPSA) is 51.6 Å². The Morgan fingerprint density at radius 3 is 1.91 bits per heavy atom. The molecule has 0 unspecified atom stereocenters. The van der Waals surface area contributed by atoms with Crippen LogP contribution in [0, 0.1) is 13.8 Å². The summed E-state index contributed by atoms with van der Waals surface area (Å²) in [5.41, 5.74) is 11.2. The van der Waals surface area contributed by atoms with Crippen LogP contribution in [0.5, 0.6) is 0 Å². The van der Waals surface area contributed by atoms with Crippen LogP contribution in [-0.2, 0) is 0 Å². The van der Waals surface area contributed by atoms with Crippen LogP contribution in [0.2, 0.25) is 0 Å². The third-order valence-corrected chi connectivity index (χ3v) is 9.35. The fourth-order valence-electron chi connectivity index (χ4n) is 6.47. The van der Waals surface area contributed by atoms with Gasteiger partial charge in [-0.15, -0.1) is 0 Å². The van der Waals surface area contributed by atoms with Gasteiger partial charge in [0.25, 0.3) is 0 Å². The summed E-state index contributed by atoms with van der Waals surface area (Å²) in [5, 5.41) is 0. The van der Waals surface area contributed by atoms with Crippen LogP contribution in [0.15, 0.2) is 114 Å². The Morgan fingerprint density at radius 1 is 0.556 bits per heavy atom. The third kappa shape index (κ3) is 6.36. The van der Waals surface area contributed by atoms with Gasteiger partial charge in [-0.2, -0.15) is 0 Å². The summed E-state index contributed by atoms with van der Waals surface area (Å²) < 4.78 is 1.03. The predicted molar refractivity (Wildman–Crippen MR) is 188 cm³/mol. The molecule has 0 radical (unpaired) electrons. The fraction of sp³-hybridized carbons (Fsp3) is 0.200. The molecule has 1 saturated carbocycles. The molecule has 6 aromatic rings. The van der Waals surface area contributed by atoms with Crippen LogP contribution in [0.1, 0.15) is 55.0 Å². The quantitative estimate of drug-likeness (QED) is 0.180. The summed E-state index contributed by atoms with van der Waals surface area (Å²) in [6, 6.07) is 36.2. The van der Waals surface area contributed by atoms with Crippen LogP contribution < -0.4 is 0 Å². The number of rotatable bonds is 6. The number of aryl methyl sites for hydroxylation is 2. The second kappa shape index (κ2) is 12.9. The Kier molecular flexibility index (Phi) is 8.36. The maximum Gasteiger partial charge on any atom is 0.165 e. The van der Waals surface area contributed by atoms with Crippen LogP contribution >= 0.6 is 15.9 Å². The Bertz CT molecular complexity index is 1940.